The molecule has 162 valence electrons. The Morgan fingerprint density at radius 2 is 1.87 bits per heavy atom. The van der Waals surface area contributed by atoms with Crippen LogP contribution in [0.4, 0.5) is 0 Å². The van der Waals surface area contributed by atoms with Gasteiger partial charge >= 0.3 is 5.97 Å². The van der Waals surface area contributed by atoms with Gasteiger partial charge in [0.2, 0.25) is 0 Å². The average molecular weight is 478 g/mol. The molecule has 0 amide bonds. The van der Waals surface area contributed by atoms with Crippen molar-refractivity contribution in [2.45, 2.75) is 12.1 Å². The van der Waals surface area contributed by atoms with Gasteiger partial charge in [-0.25, -0.2) is 0 Å². The minimum Gasteiger partial charge on any atom is -0.497 e. The molecule has 0 unspecified atom stereocenters. The Balaban J connectivity index is 0.000000858. The molecule has 0 atom stereocenters. The van der Waals surface area contributed by atoms with E-state index in [1.165, 1.54) is 11.3 Å². The third kappa shape index (κ3) is 5.19. The van der Waals surface area contributed by atoms with Crippen LogP contribution in [0.1, 0.15) is 6.92 Å². The fraction of sp³-hybridized carbons (Fsp3) is 0.190. The fourth-order valence-corrected chi connectivity index (χ4v) is 4.92. The lowest BCUT2D eigenvalue weighted by atomic mass is 10.2. The monoisotopic (exact) mass is 477 g/mol. The molecule has 2 aromatic carbocycles. The normalized spacial score (nSPS) is 10.6. The summed E-state index contributed by atoms with van der Waals surface area (Å²) in [6, 6.07) is 15.3. The van der Waals surface area contributed by atoms with Gasteiger partial charge in [0.05, 0.1) is 28.4 Å². The van der Waals surface area contributed by atoms with Crippen LogP contribution in [0.15, 0.2) is 53.7 Å². The second-order valence-electron chi connectivity index (χ2n) is 6.08. The van der Waals surface area contributed by atoms with Crippen molar-refractivity contribution in [3.8, 4) is 22.1 Å². The molecule has 0 spiro atoms. The van der Waals surface area contributed by atoms with Crippen LogP contribution in [0, 0.1) is 0 Å². The number of fused-ring (bicyclic) bond motifs is 1. The summed E-state index contributed by atoms with van der Waals surface area (Å²) in [5, 5.41) is 27.2. The van der Waals surface area contributed by atoms with Gasteiger partial charge in [0, 0.05) is 16.7 Å². The molecule has 2 N–H and O–H groups in total. The minimum absolute atomic E-state index is 0.117. The Labute approximate surface area is 192 Å². The maximum atomic E-state index is 11.0. The van der Waals surface area contributed by atoms with Crippen molar-refractivity contribution in [1.29, 1.82) is 0 Å². The number of carboxylic acid groups (broad SMARTS) is 1. The zero-order valence-corrected chi connectivity index (χ0v) is 19.2. The average Bonchev–Trinajstić information content (AvgIpc) is 3.34. The second kappa shape index (κ2) is 10.6. The molecular formula is C21H20ClN3O4S2. The number of nitrogens with zero attached hydrogens (tertiary/aromatic N) is 3. The number of carboxylic acids is 1. The molecule has 0 aliphatic carbocycles. The summed E-state index contributed by atoms with van der Waals surface area (Å²) in [5.74, 6) is 0.257. The second-order valence-corrected chi connectivity index (χ2v) is 8.45. The zero-order chi connectivity index (χ0) is 22.4. The van der Waals surface area contributed by atoms with Gasteiger partial charge < -0.3 is 14.9 Å². The molecule has 2 heterocycles. The Morgan fingerprint density at radius 1 is 1.19 bits per heavy atom. The van der Waals surface area contributed by atoms with E-state index >= 15 is 0 Å². The van der Waals surface area contributed by atoms with Gasteiger partial charge in [-0.2, -0.15) is 0 Å². The summed E-state index contributed by atoms with van der Waals surface area (Å²) in [6.07, 6.45) is 0. The number of thioether (sulfide) groups is 1. The molecule has 0 radical (unpaired) electrons. The van der Waals surface area contributed by atoms with E-state index in [0.717, 1.165) is 38.2 Å². The molecule has 0 aliphatic rings. The first kappa shape index (κ1) is 23.1. The first-order chi connectivity index (χ1) is 15.0. The van der Waals surface area contributed by atoms with E-state index in [1.807, 2.05) is 53.1 Å². The predicted octanol–water partition coefficient (Wildman–Crippen LogP) is 4.99. The summed E-state index contributed by atoms with van der Waals surface area (Å²) in [4.78, 5) is 11.8. The van der Waals surface area contributed by atoms with Crippen molar-refractivity contribution >= 4 is 50.8 Å². The lowest BCUT2D eigenvalue weighted by Gasteiger charge is -2.10. The van der Waals surface area contributed by atoms with E-state index in [-0.39, 0.29) is 12.4 Å². The minimum atomic E-state index is -0.921. The molecule has 0 aliphatic heterocycles. The molecule has 31 heavy (non-hydrogen) atoms. The number of benzene rings is 2. The van der Waals surface area contributed by atoms with E-state index in [9.17, 15) is 4.79 Å². The maximum Gasteiger partial charge on any atom is 0.313 e. The number of methoxy groups -OCH3 is 1. The van der Waals surface area contributed by atoms with Crippen molar-refractivity contribution < 1.29 is 19.7 Å². The van der Waals surface area contributed by atoms with Crippen LogP contribution in [0.2, 0.25) is 5.02 Å². The van der Waals surface area contributed by atoms with Crippen LogP contribution < -0.4 is 4.74 Å². The fourth-order valence-electron chi connectivity index (χ4n) is 2.76. The van der Waals surface area contributed by atoms with Crippen LogP contribution >= 0.6 is 34.7 Å². The van der Waals surface area contributed by atoms with E-state index in [0.29, 0.717) is 16.0 Å². The largest absolute Gasteiger partial charge is 0.497 e. The van der Waals surface area contributed by atoms with Gasteiger partial charge in [-0.1, -0.05) is 41.6 Å². The smallest absolute Gasteiger partial charge is 0.313 e. The van der Waals surface area contributed by atoms with Gasteiger partial charge in [0.15, 0.2) is 11.0 Å². The highest BCUT2D eigenvalue weighted by Crippen LogP contribution is 2.42. The number of ether oxygens (including phenoxy) is 1. The Morgan fingerprint density at radius 3 is 2.48 bits per heavy atom. The highest BCUT2D eigenvalue weighted by molar-refractivity contribution is 7.99. The molecule has 2 aromatic heterocycles. The van der Waals surface area contributed by atoms with Gasteiger partial charge in [0.1, 0.15) is 5.75 Å². The number of carbonyl (C=O) groups is 1. The first-order valence-electron chi connectivity index (χ1n) is 9.22. The molecule has 0 bridgehead atoms. The number of hydrogen-bond acceptors (Lipinski definition) is 7. The number of hydrogen-bond donors (Lipinski definition) is 2. The van der Waals surface area contributed by atoms with E-state index < -0.39 is 5.97 Å². The van der Waals surface area contributed by atoms with Crippen LogP contribution in [-0.4, -0.2) is 50.4 Å². The van der Waals surface area contributed by atoms with E-state index in [4.69, 9.17) is 26.6 Å². The number of rotatable bonds is 6. The number of halogens is 1. The van der Waals surface area contributed by atoms with Gasteiger partial charge in [-0.15, -0.1) is 21.5 Å². The summed E-state index contributed by atoms with van der Waals surface area (Å²) in [5.41, 5.74) is 0.794. The summed E-state index contributed by atoms with van der Waals surface area (Å²) >= 11 is 9.28. The van der Waals surface area contributed by atoms with Crippen molar-refractivity contribution in [2.24, 2.45) is 0 Å². The molecular weight excluding hydrogens is 458 g/mol. The quantitative estimate of drug-likeness (QED) is 0.377. The highest BCUT2D eigenvalue weighted by Gasteiger charge is 2.22. The highest BCUT2D eigenvalue weighted by atomic mass is 35.5. The topological polar surface area (TPSA) is 97.5 Å². The molecule has 0 saturated heterocycles. The van der Waals surface area contributed by atoms with Gasteiger partial charge in [-0.05, 0) is 37.3 Å². The standard InChI is InChI=1S/C19H14ClN3O3S2.C2H6O/c1-26-12-8-6-11(7-9-12)23-18(21-22-19(23)27-10-15(24)25)17-16(20)13-4-2-3-5-14(13)28-17;1-2-3/h2-9H,10H2,1H3,(H,24,25);3H,2H2,1H3. The lowest BCUT2D eigenvalue weighted by Crippen LogP contribution is -2.03. The van der Waals surface area contributed by atoms with E-state index in [2.05, 4.69) is 10.2 Å². The third-order valence-corrected chi connectivity index (χ3v) is 6.61. The Bertz CT molecular complexity index is 1180. The number of aliphatic hydroxyl groups excluding tert-OH is 1. The number of thiophene rings is 1. The van der Waals surface area contributed by atoms with Crippen LogP contribution in [0.5, 0.6) is 5.75 Å². The summed E-state index contributed by atoms with van der Waals surface area (Å²) < 4.78 is 8.10. The summed E-state index contributed by atoms with van der Waals surface area (Å²) in [7, 11) is 1.60. The first-order valence-corrected chi connectivity index (χ1v) is 11.4. The van der Waals surface area contributed by atoms with Crippen LogP contribution in [0.3, 0.4) is 0 Å². The number of aliphatic hydroxyl groups is 1. The van der Waals surface area contributed by atoms with Crippen molar-refractivity contribution in [3.63, 3.8) is 0 Å². The maximum absolute atomic E-state index is 11.0. The molecule has 4 aromatic rings. The lowest BCUT2D eigenvalue weighted by molar-refractivity contribution is -0.133. The summed E-state index contributed by atoms with van der Waals surface area (Å²) in [6.45, 7) is 1.93. The van der Waals surface area contributed by atoms with Crippen molar-refractivity contribution in [3.05, 3.63) is 53.6 Å². The number of aliphatic carboxylic acids is 1. The zero-order valence-electron chi connectivity index (χ0n) is 16.8. The van der Waals surface area contributed by atoms with Gasteiger partial charge in [-0.3, -0.25) is 9.36 Å². The Hall–Kier alpha value is -2.59. The van der Waals surface area contributed by atoms with Crippen LogP contribution in [0.25, 0.3) is 26.5 Å². The Kier molecular flexibility index (Phi) is 7.91. The third-order valence-electron chi connectivity index (χ3n) is 4.03. The van der Waals surface area contributed by atoms with Crippen molar-refractivity contribution in [2.75, 3.05) is 19.5 Å². The predicted molar refractivity (Wildman–Crippen MR) is 125 cm³/mol. The number of aromatic nitrogens is 3. The molecule has 10 heteroatoms. The van der Waals surface area contributed by atoms with Gasteiger partial charge in [0.25, 0.3) is 0 Å². The molecule has 0 saturated carbocycles. The molecule has 0 fully saturated rings. The SMILES string of the molecule is CCO.COc1ccc(-n2c(SCC(=O)O)nnc2-c2sc3ccccc3c2Cl)cc1. The van der Waals surface area contributed by atoms with E-state index in [1.54, 1.807) is 14.0 Å². The molecule has 7 nitrogen and oxygen atoms in total. The van der Waals surface area contributed by atoms with Crippen LogP contribution in [-0.2, 0) is 4.79 Å². The van der Waals surface area contributed by atoms with Crippen molar-refractivity contribution in [1.82, 2.24) is 14.8 Å². The molecule has 4 rings (SSSR count).